The number of H-pyrrole nitrogens is 1. The van der Waals surface area contributed by atoms with E-state index in [-0.39, 0.29) is 5.56 Å². The number of hydrogen-bond donors (Lipinski definition) is 3. The van der Waals surface area contributed by atoms with Crippen molar-refractivity contribution in [2.75, 3.05) is 12.4 Å². The summed E-state index contributed by atoms with van der Waals surface area (Å²) in [5.41, 5.74) is 0.401. The van der Waals surface area contributed by atoms with E-state index in [2.05, 4.69) is 10.3 Å². The molecule has 5 nitrogen and oxygen atoms in total. The van der Waals surface area contributed by atoms with E-state index in [1.807, 2.05) is 0 Å². The summed E-state index contributed by atoms with van der Waals surface area (Å²) < 4.78 is 0. The van der Waals surface area contributed by atoms with Gasteiger partial charge in [0.15, 0.2) is 0 Å². The largest absolute Gasteiger partial charge is 0.374 e. The summed E-state index contributed by atoms with van der Waals surface area (Å²) in [6.45, 7) is 1.59. The maximum absolute atomic E-state index is 11.2. The minimum atomic E-state index is -0.443. The summed E-state index contributed by atoms with van der Waals surface area (Å²) >= 11 is 0. The van der Waals surface area contributed by atoms with Gasteiger partial charge < -0.3 is 15.7 Å². The van der Waals surface area contributed by atoms with E-state index in [0.717, 1.165) is 0 Å². The minimum Gasteiger partial charge on any atom is -0.374 e. The molecule has 1 aromatic rings. The van der Waals surface area contributed by atoms with Crippen molar-refractivity contribution in [2.24, 2.45) is 0 Å². The van der Waals surface area contributed by atoms with Gasteiger partial charge in [-0.25, -0.2) is 0 Å². The highest BCUT2D eigenvalue weighted by Crippen LogP contribution is 2.10. The van der Waals surface area contributed by atoms with E-state index >= 15 is 0 Å². The number of aromatic amines is 1. The van der Waals surface area contributed by atoms with Gasteiger partial charge >= 0.3 is 0 Å². The van der Waals surface area contributed by atoms with Crippen LogP contribution in [0.1, 0.15) is 18.1 Å². The number of nitrogens with zero attached hydrogens (tertiary/aromatic N) is 1. The second-order valence-corrected chi connectivity index (χ2v) is 2.79. The third-order valence-electron chi connectivity index (χ3n) is 1.82. The predicted molar refractivity (Wildman–Crippen MR) is 53.8 cm³/mol. The van der Waals surface area contributed by atoms with E-state index in [1.54, 1.807) is 20.0 Å². The van der Waals surface area contributed by atoms with Gasteiger partial charge in [0.1, 0.15) is 17.5 Å². The first-order valence-corrected chi connectivity index (χ1v) is 4.01. The maximum Gasteiger partial charge on any atom is 0.267 e. The zero-order chi connectivity index (χ0) is 10.7. The van der Waals surface area contributed by atoms with Crippen molar-refractivity contribution >= 4 is 11.5 Å². The fraction of sp³-hybridized carbons (Fsp3) is 0.222. The third-order valence-corrected chi connectivity index (χ3v) is 1.82. The van der Waals surface area contributed by atoms with Crippen LogP contribution < -0.4 is 10.9 Å². The van der Waals surface area contributed by atoms with Crippen LogP contribution in [0.25, 0.3) is 0 Å². The molecule has 0 aliphatic heterocycles. The monoisotopic (exact) mass is 190 g/mol. The number of aromatic nitrogens is 1. The number of nitriles is 1. The lowest BCUT2D eigenvalue weighted by Crippen LogP contribution is -2.15. The molecule has 0 amide bonds. The molecule has 0 unspecified atom stereocenters. The predicted octanol–water partition coefficient (Wildman–Crippen LogP) is 0.676. The molecule has 0 aliphatic rings. The average Bonchev–Trinajstić information content (AvgIpc) is 2.16. The molecule has 72 valence electrons. The molecule has 3 N–H and O–H groups in total. The van der Waals surface area contributed by atoms with Gasteiger partial charge in [-0.15, -0.1) is 0 Å². The van der Waals surface area contributed by atoms with Gasteiger partial charge in [-0.3, -0.25) is 4.79 Å². The first kappa shape index (κ1) is 9.99. The topological polar surface area (TPSA) is 92.5 Å². The molecule has 0 fully saturated rings. The maximum atomic E-state index is 11.2. The molecule has 0 aromatic carbocycles. The van der Waals surface area contributed by atoms with Gasteiger partial charge in [-0.1, -0.05) is 0 Å². The van der Waals surface area contributed by atoms with E-state index in [1.165, 1.54) is 6.07 Å². The molecule has 0 radical (unpaired) electrons. The molecule has 0 spiro atoms. The van der Waals surface area contributed by atoms with E-state index in [4.69, 9.17) is 10.7 Å². The number of nitrogens with one attached hydrogen (secondary N) is 3. The average molecular weight is 190 g/mol. The van der Waals surface area contributed by atoms with E-state index in [9.17, 15) is 4.79 Å². The highest BCUT2D eigenvalue weighted by atomic mass is 16.1. The number of pyridine rings is 1. The Balaban J connectivity index is 3.50. The van der Waals surface area contributed by atoms with Crippen molar-refractivity contribution in [1.29, 1.82) is 10.7 Å². The van der Waals surface area contributed by atoms with Gasteiger partial charge in [0, 0.05) is 18.3 Å². The van der Waals surface area contributed by atoms with Crippen LogP contribution in [0.5, 0.6) is 0 Å². The summed E-state index contributed by atoms with van der Waals surface area (Å²) in [7, 11) is 1.64. The van der Waals surface area contributed by atoms with Crippen LogP contribution >= 0.6 is 0 Å². The second kappa shape index (κ2) is 3.75. The first-order chi connectivity index (χ1) is 6.60. The molecule has 14 heavy (non-hydrogen) atoms. The lowest BCUT2D eigenvalue weighted by molar-refractivity contribution is 1.18. The first-order valence-electron chi connectivity index (χ1n) is 4.01. The summed E-state index contributed by atoms with van der Waals surface area (Å²) in [6, 6.07) is 3.18. The normalized spacial score (nSPS) is 9.21. The zero-order valence-corrected chi connectivity index (χ0v) is 7.93. The second-order valence-electron chi connectivity index (χ2n) is 2.79. The van der Waals surface area contributed by atoms with Crippen LogP contribution in [0.3, 0.4) is 0 Å². The van der Waals surface area contributed by atoms with Crippen molar-refractivity contribution < 1.29 is 0 Å². The molecule has 0 aliphatic carbocycles. The van der Waals surface area contributed by atoms with Crippen LogP contribution in [0, 0.1) is 16.7 Å². The lowest BCUT2D eigenvalue weighted by atomic mass is 10.1. The van der Waals surface area contributed by atoms with Crippen LogP contribution in [0.15, 0.2) is 10.9 Å². The third kappa shape index (κ3) is 1.64. The van der Waals surface area contributed by atoms with Gasteiger partial charge in [0.05, 0.1) is 0 Å². The van der Waals surface area contributed by atoms with Crippen molar-refractivity contribution in [3.8, 4) is 6.07 Å². The highest BCUT2D eigenvalue weighted by Gasteiger charge is 2.08. The van der Waals surface area contributed by atoms with Gasteiger partial charge in [0.25, 0.3) is 5.56 Å². The van der Waals surface area contributed by atoms with Crippen LogP contribution in [0.4, 0.5) is 5.82 Å². The Kier molecular flexibility index (Phi) is 2.67. The van der Waals surface area contributed by atoms with Gasteiger partial charge in [-0.05, 0) is 13.0 Å². The summed E-state index contributed by atoms with van der Waals surface area (Å²) in [6.07, 6.45) is 0. The van der Waals surface area contributed by atoms with E-state index in [0.29, 0.717) is 17.1 Å². The molecule has 1 aromatic heterocycles. The van der Waals surface area contributed by atoms with Crippen molar-refractivity contribution in [3.63, 3.8) is 0 Å². The number of anilines is 1. The summed E-state index contributed by atoms with van der Waals surface area (Å²) in [4.78, 5) is 13.7. The highest BCUT2D eigenvalue weighted by molar-refractivity contribution is 6.00. The Hall–Kier alpha value is -2.09. The molecule has 0 atom stereocenters. The Morgan fingerprint density at radius 3 is 2.79 bits per heavy atom. The zero-order valence-electron chi connectivity index (χ0n) is 7.93. The fourth-order valence-corrected chi connectivity index (χ4v) is 1.11. The Bertz CT molecular complexity index is 467. The van der Waals surface area contributed by atoms with Crippen molar-refractivity contribution in [1.82, 2.24) is 4.98 Å². The summed E-state index contributed by atoms with van der Waals surface area (Å²) in [5.74, 6) is 0.460. The van der Waals surface area contributed by atoms with Crippen molar-refractivity contribution in [2.45, 2.75) is 6.92 Å². The molecule has 1 rings (SSSR count). The smallest absolute Gasteiger partial charge is 0.267 e. The van der Waals surface area contributed by atoms with Gasteiger partial charge in [-0.2, -0.15) is 5.26 Å². The number of rotatable bonds is 2. The molecule has 0 saturated carbocycles. The quantitative estimate of drug-likeness (QED) is 0.598. The Labute approximate surface area is 80.9 Å². The minimum absolute atomic E-state index is 0.0191. The molecule has 0 saturated heterocycles. The molecule has 1 heterocycles. The van der Waals surface area contributed by atoms with E-state index < -0.39 is 5.56 Å². The Morgan fingerprint density at radius 2 is 2.36 bits per heavy atom. The number of hydrogen-bond acceptors (Lipinski definition) is 4. The molecule has 0 bridgehead atoms. The lowest BCUT2D eigenvalue weighted by Gasteiger charge is -2.06. The molecule has 5 heteroatoms. The molecular formula is C9H10N4O. The standard InChI is InChI=1S/C9H10N4O/c1-5(11)7-3-6(4-10)9(14)13-8(7)12-2/h3,11H,1-2H3,(H2,12,13,14). The van der Waals surface area contributed by atoms with Crippen LogP contribution in [0.2, 0.25) is 0 Å². The summed E-state index contributed by atoms with van der Waals surface area (Å²) in [5, 5.41) is 18.8. The van der Waals surface area contributed by atoms with Crippen LogP contribution in [-0.4, -0.2) is 17.7 Å². The molecular weight excluding hydrogens is 180 g/mol. The van der Waals surface area contributed by atoms with Gasteiger partial charge in [0.2, 0.25) is 0 Å². The van der Waals surface area contributed by atoms with Crippen LogP contribution in [-0.2, 0) is 0 Å². The van der Waals surface area contributed by atoms with Crippen molar-refractivity contribution in [3.05, 3.63) is 27.5 Å². The Morgan fingerprint density at radius 1 is 1.71 bits per heavy atom. The fourth-order valence-electron chi connectivity index (χ4n) is 1.11. The SMILES string of the molecule is CNc1[nH]c(=O)c(C#N)cc1C(C)=N.